The highest BCUT2D eigenvalue weighted by Gasteiger charge is 2.55. The number of hydrogen-bond donors (Lipinski definition) is 0. The molecule has 1 aliphatic carbocycles. The van der Waals surface area contributed by atoms with Crippen LogP contribution in [0.15, 0.2) is 54.6 Å². The highest BCUT2D eigenvalue weighted by atomic mass is 16.5. The lowest BCUT2D eigenvalue weighted by Crippen LogP contribution is -2.65. The van der Waals surface area contributed by atoms with Gasteiger partial charge in [-0.05, 0) is 55.7 Å². The van der Waals surface area contributed by atoms with Crippen molar-refractivity contribution in [3.8, 4) is 0 Å². The Balaban J connectivity index is 1.57. The smallest absolute Gasteiger partial charge is 0.137 e. The summed E-state index contributed by atoms with van der Waals surface area (Å²) in [5, 5.41) is 0. The molecule has 2 fully saturated rings. The predicted octanol–water partition coefficient (Wildman–Crippen LogP) is 6.11. The molecule has 0 bridgehead atoms. The van der Waals surface area contributed by atoms with Crippen LogP contribution < -0.4 is 0 Å². The topological polar surface area (TPSA) is 12.5 Å². The van der Waals surface area contributed by atoms with Crippen LogP contribution in [0.5, 0.6) is 0 Å². The SMILES string of the molecule is C[C@@H]1CCC2C(C1)O[C@H]1c3ccccc3[C@@](C)(Cc3ccccc3)CN1C2(C)C. The van der Waals surface area contributed by atoms with Crippen LogP contribution in [0.4, 0.5) is 0 Å². The van der Waals surface area contributed by atoms with E-state index in [9.17, 15) is 0 Å². The van der Waals surface area contributed by atoms with Crippen molar-refractivity contribution < 1.29 is 4.74 Å². The molecule has 2 unspecified atom stereocenters. The van der Waals surface area contributed by atoms with E-state index >= 15 is 0 Å². The zero-order valence-electron chi connectivity index (χ0n) is 18.4. The third-order valence-corrected chi connectivity index (χ3v) is 8.12. The first kappa shape index (κ1) is 19.3. The molecular weight excluding hydrogens is 354 g/mol. The van der Waals surface area contributed by atoms with E-state index in [1.807, 2.05) is 0 Å². The lowest BCUT2D eigenvalue weighted by atomic mass is 9.66. The normalized spacial score (nSPS) is 36.0. The molecule has 29 heavy (non-hydrogen) atoms. The number of rotatable bonds is 2. The van der Waals surface area contributed by atoms with Crippen LogP contribution in [-0.4, -0.2) is 23.1 Å². The highest BCUT2D eigenvalue weighted by molar-refractivity contribution is 5.41. The van der Waals surface area contributed by atoms with E-state index in [1.54, 1.807) is 0 Å². The summed E-state index contributed by atoms with van der Waals surface area (Å²) in [4.78, 5) is 2.70. The zero-order valence-corrected chi connectivity index (χ0v) is 18.4. The number of benzene rings is 2. The van der Waals surface area contributed by atoms with Crippen molar-refractivity contribution in [1.29, 1.82) is 0 Å². The Hall–Kier alpha value is -1.64. The molecule has 2 heteroatoms. The van der Waals surface area contributed by atoms with Gasteiger partial charge in [-0.25, -0.2) is 0 Å². The van der Waals surface area contributed by atoms with Crippen molar-refractivity contribution >= 4 is 0 Å². The molecule has 5 rings (SSSR count). The van der Waals surface area contributed by atoms with Crippen molar-refractivity contribution in [2.24, 2.45) is 11.8 Å². The first-order valence-electron chi connectivity index (χ1n) is 11.4. The summed E-state index contributed by atoms with van der Waals surface area (Å²) >= 11 is 0. The molecule has 0 aromatic heterocycles. The monoisotopic (exact) mass is 389 g/mol. The molecule has 154 valence electrons. The fourth-order valence-corrected chi connectivity index (χ4v) is 6.49. The standard InChI is InChI=1S/C27H35NO/c1-19-14-15-23-24(16-19)29-25-21-12-8-9-13-22(21)27(4,18-28(25)26(23,2)3)17-20-10-6-5-7-11-20/h5-13,19,23-25H,14-18H2,1-4H3/t19-,23?,24?,25+,27+/m1/s1. The predicted molar refractivity (Wildman–Crippen MR) is 119 cm³/mol. The summed E-state index contributed by atoms with van der Waals surface area (Å²) < 4.78 is 6.90. The third-order valence-electron chi connectivity index (χ3n) is 8.12. The Morgan fingerprint density at radius 3 is 2.48 bits per heavy atom. The van der Waals surface area contributed by atoms with Gasteiger partial charge >= 0.3 is 0 Å². The second-order valence-corrected chi connectivity index (χ2v) is 10.6. The Labute approximate surface area is 176 Å². The molecule has 1 saturated heterocycles. The Morgan fingerprint density at radius 2 is 1.69 bits per heavy atom. The van der Waals surface area contributed by atoms with Crippen molar-refractivity contribution in [3.05, 3.63) is 71.3 Å². The summed E-state index contributed by atoms with van der Waals surface area (Å²) in [7, 11) is 0. The molecule has 2 aromatic rings. The van der Waals surface area contributed by atoms with Gasteiger partial charge in [-0.15, -0.1) is 0 Å². The van der Waals surface area contributed by atoms with Crippen LogP contribution in [0.2, 0.25) is 0 Å². The minimum absolute atomic E-state index is 0.0872. The zero-order chi connectivity index (χ0) is 20.2. The summed E-state index contributed by atoms with van der Waals surface area (Å²) in [6.07, 6.45) is 5.39. The molecule has 2 aliphatic heterocycles. The van der Waals surface area contributed by atoms with Crippen LogP contribution in [0.25, 0.3) is 0 Å². The lowest BCUT2D eigenvalue weighted by Gasteiger charge is -2.61. The Bertz CT molecular complexity index is 875. The summed E-state index contributed by atoms with van der Waals surface area (Å²) in [5.74, 6) is 1.40. The van der Waals surface area contributed by atoms with Crippen LogP contribution in [0.1, 0.15) is 69.9 Å². The van der Waals surface area contributed by atoms with Gasteiger partial charge in [0.2, 0.25) is 0 Å². The largest absolute Gasteiger partial charge is 0.355 e. The summed E-state index contributed by atoms with van der Waals surface area (Å²) in [6, 6.07) is 20.1. The highest BCUT2D eigenvalue weighted by Crippen LogP contribution is 2.53. The quantitative estimate of drug-likeness (QED) is 0.614. The number of hydrogen-bond acceptors (Lipinski definition) is 2. The van der Waals surface area contributed by atoms with E-state index < -0.39 is 0 Å². The van der Waals surface area contributed by atoms with Gasteiger partial charge in [-0.2, -0.15) is 0 Å². The van der Waals surface area contributed by atoms with Crippen LogP contribution >= 0.6 is 0 Å². The third kappa shape index (κ3) is 3.16. The molecule has 0 amide bonds. The molecule has 0 radical (unpaired) electrons. The first-order chi connectivity index (χ1) is 13.9. The number of fused-ring (bicyclic) bond motifs is 4. The van der Waals surface area contributed by atoms with Crippen LogP contribution in [-0.2, 0) is 16.6 Å². The van der Waals surface area contributed by atoms with Gasteiger partial charge in [-0.3, -0.25) is 4.90 Å². The van der Waals surface area contributed by atoms with Gasteiger partial charge in [0.1, 0.15) is 6.23 Å². The van der Waals surface area contributed by atoms with Gasteiger partial charge in [0.15, 0.2) is 0 Å². The maximum Gasteiger partial charge on any atom is 0.137 e. The summed E-state index contributed by atoms with van der Waals surface area (Å²) in [5.41, 5.74) is 4.52. The van der Waals surface area contributed by atoms with Crippen molar-refractivity contribution in [2.45, 2.75) is 76.7 Å². The molecule has 0 spiro atoms. The number of ether oxygens (including phenoxy) is 1. The van der Waals surface area contributed by atoms with Gasteiger partial charge in [-0.1, -0.05) is 74.9 Å². The van der Waals surface area contributed by atoms with Gasteiger partial charge in [0.05, 0.1) is 6.10 Å². The minimum atomic E-state index is 0.0872. The minimum Gasteiger partial charge on any atom is -0.355 e. The van der Waals surface area contributed by atoms with E-state index in [0.717, 1.165) is 18.9 Å². The maximum atomic E-state index is 6.90. The average molecular weight is 390 g/mol. The van der Waals surface area contributed by atoms with E-state index in [4.69, 9.17) is 4.74 Å². The van der Waals surface area contributed by atoms with Gasteiger partial charge in [0.25, 0.3) is 0 Å². The molecule has 3 aliphatic rings. The van der Waals surface area contributed by atoms with E-state index in [1.165, 1.54) is 36.0 Å². The van der Waals surface area contributed by atoms with Crippen molar-refractivity contribution in [1.82, 2.24) is 4.90 Å². The van der Waals surface area contributed by atoms with E-state index in [0.29, 0.717) is 12.0 Å². The average Bonchev–Trinajstić information content (AvgIpc) is 2.70. The molecule has 1 saturated carbocycles. The fourth-order valence-electron chi connectivity index (χ4n) is 6.49. The molecule has 0 N–H and O–H groups in total. The van der Waals surface area contributed by atoms with Gasteiger partial charge in [0, 0.05) is 23.4 Å². The van der Waals surface area contributed by atoms with E-state index in [-0.39, 0.29) is 17.2 Å². The second-order valence-electron chi connectivity index (χ2n) is 10.6. The van der Waals surface area contributed by atoms with Gasteiger partial charge < -0.3 is 4.74 Å². The first-order valence-corrected chi connectivity index (χ1v) is 11.4. The fraction of sp³-hybridized carbons (Fsp3) is 0.556. The Morgan fingerprint density at radius 1 is 0.966 bits per heavy atom. The Kier molecular flexibility index (Phi) is 4.64. The second kappa shape index (κ2) is 6.96. The van der Waals surface area contributed by atoms with E-state index in [2.05, 4.69) is 87.2 Å². The molecule has 2 heterocycles. The molecule has 2 aromatic carbocycles. The maximum absolute atomic E-state index is 6.90. The molecular formula is C27H35NO. The molecule has 2 nitrogen and oxygen atoms in total. The summed E-state index contributed by atoms with van der Waals surface area (Å²) in [6.45, 7) is 10.9. The van der Waals surface area contributed by atoms with Crippen molar-refractivity contribution in [2.75, 3.05) is 6.54 Å². The molecule has 5 atom stereocenters. The number of nitrogens with zero attached hydrogens (tertiary/aromatic N) is 1. The lowest BCUT2D eigenvalue weighted by molar-refractivity contribution is -0.246. The van der Waals surface area contributed by atoms with Crippen LogP contribution in [0.3, 0.4) is 0 Å². The van der Waals surface area contributed by atoms with Crippen LogP contribution in [0, 0.1) is 11.8 Å². The van der Waals surface area contributed by atoms with Crippen molar-refractivity contribution in [3.63, 3.8) is 0 Å².